The molecule has 2 amide bonds. The van der Waals surface area contributed by atoms with Gasteiger partial charge in [-0.1, -0.05) is 23.7 Å². The summed E-state index contributed by atoms with van der Waals surface area (Å²) in [6.45, 7) is -0.463. The van der Waals surface area contributed by atoms with Crippen molar-refractivity contribution in [3.63, 3.8) is 0 Å². The summed E-state index contributed by atoms with van der Waals surface area (Å²) in [5.74, 6) is -1.91. The second-order valence-electron chi connectivity index (χ2n) is 5.69. The van der Waals surface area contributed by atoms with E-state index in [0.717, 1.165) is 0 Å². The molecule has 3 rings (SSSR count). The Morgan fingerprint density at radius 3 is 2.39 bits per heavy atom. The molecule has 1 saturated heterocycles. The maximum absolute atomic E-state index is 12.9. The Morgan fingerprint density at radius 1 is 1.14 bits per heavy atom. The number of ether oxygens (including phenoxy) is 1. The molecule has 1 aliphatic heterocycles. The van der Waals surface area contributed by atoms with Crippen LogP contribution in [0.1, 0.15) is 5.56 Å². The zero-order valence-electron chi connectivity index (χ0n) is 14.2. The minimum Gasteiger partial charge on any atom is -0.482 e. The van der Waals surface area contributed by atoms with E-state index in [0.29, 0.717) is 22.0 Å². The number of hydrogen-bond acceptors (Lipinski definition) is 5. The number of carbonyl (C=O) groups is 3. The molecule has 0 aromatic heterocycles. The standard InChI is InChI=1S/C19H13ClN2O5S/c20-12-3-5-13(6-4-12)22-18(26)15(17(25)21-19(22)28)9-11-1-7-14(8-2-11)27-10-16(23)24/h1-9H,10H2,(H,23,24)(H,21,25,28)/b15-9-. The van der Waals surface area contributed by atoms with Crippen molar-refractivity contribution in [2.75, 3.05) is 11.5 Å². The summed E-state index contributed by atoms with van der Waals surface area (Å²) in [6, 6.07) is 12.8. The van der Waals surface area contributed by atoms with E-state index in [9.17, 15) is 14.4 Å². The topological polar surface area (TPSA) is 95.9 Å². The molecule has 142 valence electrons. The van der Waals surface area contributed by atoms with Gasteiger partial charge in [-0.25, -0.2) is 4.79 Å². The molecule has 28 heavy (non-hydrogen) atoms. The van der Waals surface area contributed by atoms with Gasteiger partial charge in [0.15, 0.2) is 11.7 Å². The molecule has 2 N–H and O–H groups in total. The van der Waals surface area contributed by atoms with Gasteiger partial charge >= 0.3 is 5.97 Å². The SMILES string of the molecule is O=C(O)COc1ccc(/C=C2/C(=O)NC(=S)N(c3ccc(Cl)cc3)C2=O)cc1. The highest BCUT2D eigenvalue weighted by Gasteiger charge is 2.34. The first kappa shape index (κ1) is 19.5. The van der Waals surface area contributed by atoms with Crippen LogP contribution < -0.4 is 15.0 Å². The molecule has 0 bridgehead atoms. The second-order valence-corrected chi connectivity index (χ2v) is 6.51. The van der Waals surface area contributed by atoms with Crippen molar-refractivity contribution in [3.05, 3.63) is 64.7 Å². The molecule has 1 aliphatic rings. The van der Waals surface area contributed by atoms with Crippen LogP contribution in [0.4, 0.5) is 5.69 Å². The van der Waals surface area contributed by atoms with E-state index < -0.39 is 24.4 Å². The van der Waals surface area contributed by atoms with Gasteiger partial charge in [0.25, 0.3) is 11.8 Å². The van der Waals surface area contributed by atoms with Crippen LogP contribution >= 0.6 is 23.8 Å². The van der Waals surface area contributed by atoms with E-state index in [-0.39, 0.29) is 10.7 Å². The van der Waals surface area contributed by atoms with Crippen molar-refractivity contribution in [2.24, 2.45) is 0 Å². The zero-order valence-corrected chi connectivity index (χ0v) is 15.8. The van der Waals surface area contributed by atoms with Crippen LogP contribution in [0.3, 0.4) is 0 Å². The Labute approximate surface area is 170 Å². The third-order valence-corrected chi connectivity index (χ3v) is 4.28. The van der Waals surface area contributed by atoms with Gasteiger partial charge in [0.05, 0.1) is 5.69 Å². The van der Waals surface area contributed by atoms with Gasteiger partial charge in [0.1, 0.15) is 11.3 Å². The van der Waals surface area contributed by atoms with Crippen molar-refractivity contribution >= 4 is 58.5 Å². The molecule has 2 aromatic rings. The third-order valence-electron chi connectivity index (χ3n) is 3.74. The Hall–Kier alpha value is -3.23. The highest BCUT2D eigenvalue weighted by molar-refractivity contribution is 7.80. The minimum absolute atomic E-state index is 0.0214. The lowest BCUT2D eigenvalue weighted by Gasteiger charge is -2.28. The largest absolute Gasteiger partial charge is 0.482 e. The summed E-state index contributed by atoms with van der Waals surface area (Å²) < 4.78 is 5.05. The van der Waals surface area contributed by atoms with Crippen molar-refractivity contribution < 1.29 is 24.2 Å². The Morgan fingerprint density at radius 2 is 1.79 bits per heavy atom. The van der Waals surface area contributed by atoms with Crippen molar-refractivity contribution in [1.29, 1.82) is 0 Å². The summed E-state index contributed by atoms with van der Waals surface area (Å²) >= 11 is 11.0. The minimum atomic E-state index is -1.09. The number of nitrogens with one attached hydrogen (secondary N) is 1. The van der Waals surface area contributed by atoms with Crippen LogP contribution in [0.25, 0.3) is 6.08 Å². The summed E-state index contributed by atoms with van der Waals surface area (Å²) in [5, 5.41) is 11.6. The zero-order chi connectivity index (χ0) is 20.3. The summed E-state index contributed by atoms with van der Waals surface area (Å²) in [7, 11) is 0. The first-order chi connectivity index (χ1) is 13.3. The maximum Gasteiger partial charge on any atom is 0.341 e. The van der Waals surface area contributed by atoms with Gasteiger partial charge in [0, 0.05) is 5.02 Å². The number of hydrogen-bond donors (Lipinski definition) is 2. The lowest BCUT2D eigenvalue weighted by atomic mass is 10.1. The van der Waals surface area contributed by atoms with Crippen LogP contribution in [-0.4, -0.2) is 34.6 Å². The normalized spacial score (nSPS) is 15.5. The number of amides is 2. The smallest absolute Gasteiger partial charge is 0.341 e. The van der Waals surface area contributed by atoms with E-state index in [1.54, 1.807) is 48.5 Å². The average Bonchev–Trinajstić information content (AvgIpc) is 2.66. The molecule has 0 aliphatic carbocycles. The van der Waals surface area contributed by atoms with Gasteiger partial charge in [-0.3, -0.25) is 19.8 Å². The predicted molar refractivity (Wildman–Crippen MR) is 107 cm³/mol. The number of nitrogens with zero attached hydrogens (tertiary/aromatic N) is 1. The molecule has 0 saturated carbocycles. The molecular weight excluding hydrogens is 404 g/mol. The fourth-order valence-electron chi connectivity index (χ4n) is 2.45. The Kier molecular flexibility index (Phi) is 5.72. The quantitative estimate of drug-likeness (QED) is 0.442. The van der Waals surface area contributed by atoms with E-state index in [4.69, 9.17) is 33.7 Å². The first-order valence-electron chi connectivity index (χ1n) is 7.97. The number of thiocarbonyl (C=S) groups is 1. The van der Waals surface area contributed by atoms with Crippen LogP contribution in [0.15, 0.2) is 54.1 Å². The molecular formula is C19H13ClN2O5S. The van der Waals surface area contributed by atoms with Gasteiger partial charge in [0.2, 0.25) is 0 Å². The number of aliphatic carboxylic acids is 1. The van der Waals surface area contributed by atoms with E-state index in [1.807, 2.05) is 0 Å². The monoisotopic (exact) mass is 416 g/mol. The highest BCUT2D eigenvalue weighted by atomic mass is 35.5. The number of carbonyl (C=O) groups excluding carboxylic acids is 2. The number of rotatable bonds is 5. The van der Waals surface area contributed by atoms with Crippen molar-refractivity contribution in [2.45, 2.75) is 0 Å². The summed E-state index contributed by atoms with van der Waals surface area (Å²) in [5.41, 5.74) is 0.940. The molecule has 0 unspecified atom stereocenters. The molecule has 0 atom stereocenters. The van der Waals surface area contributed by atoms with Gasteiger partial charge in [-0.15, -0.1) is 0 Å². The van der Waals surface area contributed by atoms with Gasteiger partial charge in [-0.05, 0) is 60.3 Å². The number of carboxylic acids is 1. The van der Waals surface area contributed by atoms with E-state index in [1.165, 1.54) is 11.0 Å². The van der Waals surface area contributed by atoms with Crippen molar-refractivity contribution in [1.82, 2.24) is 5.32 Å². The molecule has 0 radical (unpaired) electrons. The van der Waals surface area contributed by atoms with Crippen LogP contribution in [0.5, 0.6) is 5.75 Å². The second kappa shape index (κ2) is 8.20. The Bertz CT molecular complexity index is 986. The fraction of sp³-hybridized carbons (Fsp3) is 0.0526. The number of anilines is 1. The summed E-state index contributed by atoms with van der Waals surface area (Å²) in [4.78, 5) is 36.9. The van der Waals surface area contributed by atoms with Gasteiger partial charge in [-0.2, -0.15) is 0 Å². The van der Waals surface area contributed by atoms with Crippen LogP contribution in [-0.2, 0) is 14.4 Å². The molecule has 1 heterocycles. The molecule has 2 aromatic carbocycles. The average molecular weight is 417 g/mol. The molecule has 7 nitrogen and oxygen atoms in total. The van der Waals surface area contributed by atoms with E-state index in [2.05, 4.69) is 5.32 Å². The lowest BCUT2D eigenvalue weighted by molar-refractivity contribution is -0.139. The number of benzene rings is 2. The third kappa shape index (κ3) is 4.36. The predicted octanol–water partition coefficient (Wildman–Crippen LogP) is 2.63. The van der Waals surface area contributed by atoms with Crippen LogP contribution in [0.2, 0.25) is 5.02 Å². The maximum atomic E-state index is 12.9. The summed E-state index contributed by atoms with van der Waals surface area (Å²) in [6.07, 6.45) is 1.42. The molecule has 9 heteroatoms. The fourth-order valence-corrected chi connectivity index (χ4v) is 2.86. The number of halogens is 1. The van der Waals surface area contributed by atoms with Gasteiger partial charge < -0.3 is 9.84 Å². The molecule has 1 fully saturated rings. The lowest BCUT2D eigenvalue weighted by Crippen LogP contribution is -2.54. The Balaban J connectivity index is 1.86. The molecule has 0 spiro atoms. The first-order valence-corrected chi connectivity index (χ1v) is 8.75. The van der Waals surface area contributed by atoms with Crippen molar-refractivity contribution in [3.8, 4) is 5.75 Å². The highest BCUT2D eigenvalue weighted by Crippen LogP contribution is 2.24. The van der Waals surface area contributed by atoms with E-state index >= 15 is 0 Å². The number of carboxylic acid groups (broad SMARTS) is 1. The van der Waals surface area contributed by atoms with Crippen LogP contribution in [0, 0.1) is 0 Å².